The number of carbonyl (C=O) groups is 2. The minimum Gasteiger partial charge on any atom is -0.466 e. The van der Waals surface area contributed by atoms with E-state index in [0.717, 1.165) is 44.9 Å². The summed E-state index contributed by atoms with van der Waals surface area (Å²) < 4.78 is 5.48. The van der Waals surface area contributed by atoms with Gasteiger partial charge in [0.15, 0.2) is 0 Å². The molecule has 0 radical (unpaired) electrons. The Morgan fingerprint density at radius 1 is 0.380 bits per heavy atom. The molecule has 1 amide bonds. The van der Waals surface area contributed by atoms with Gasteiger partial charge in [0, 0.05) is 12.8 Å². The predicted octanol–water partition coefficient (Wildman–Crippen LogP) is 20.4. The van der Waals surface area contributed by atoms with Gasteiger partial charge in [0.05, 0.1) is 25.4 Å². The van der Waals surface area contributed by atoms with Crippen molar-refractivity contribution in [3.8, 4) is 0 Å². The number of hydrogen-bond donors (Lipinski definition) is 3. The third-order valence-electron chi connectivity index (χ3n) is 15.3. The van der Waals surface area contributed by atoms with E-state index in [9.17, 15) is 19.8 Å². The summed E-state index contributed by atoms with van der Waals surface area (Å²) in [6, 6.07) is -0.541. The van der Waals surface area contributed by atoms with Crippen LogP contribution in [0.4, 0.5) is 0 Å². The molecule has 0 aliphatic rings. The second-order valence-corrected chi connectivity index (χ2v) is 22.5. The Morgan fingerprint density at radius 2 is 0.662 bits per heavy atom. The second kappa shape index (κ2) is 61.1. The highest BCUT2D eigenvalue weighted by Crippen LogP contribution is 2.19. The monoisotopic (exact) mass is 1000 g/mol. The standard InChI is InChI=1S/C65H127NO5/c1-3-5-7-9-11-13-15-17-18-19-24-27-30-34-37-41-45-49-53-57-63(68)62(61-67)66-64(69)58-54-50-46-42-38-35-31-28-25-22-20-21-23-26-29-32-36-40-44-48-52-56-60-71-65(70)59-55-51-47-43-39-33-16-14-12-10-8-6-4-2/h14,16,62-63,67-68H,3-13,15,17-61H2,1-2H3,(H,66,69)/b16-14-. The fraction of sp³-hybridized carbons (Fsp3) is 0.938. The molecule has 0 aliphatic heterocycles. The van der Waals surface area contributed by atoms with E-state index in [0.29, 0.717) is 25.9 Å². The first-order chi connectivity index (χ1) is 35.0. The minimum absolute atomic E-state index is 0.00490. The quantitative estimate of drug-likeness (QED) is 0.0320. The van der Waals surface area contributed by atoms with Gasteiger partial charge in [-0.15, -0.1) is 0 Å². The van der Waals surface area contributed by atoms with Gasteiger partial charge in [-0.05, 0) is 51.4 Å². The van der Waals surface area contributed by atoms with Crippen LogP contribution >= 0.6 is 0 Å². The van der Waals surface area contributed by atoms with Crippen molar-refractivity contribution < 1.29 is 24.5 Å². The van der Waals surface area contributed by atoms with Crippen LogP contribution in [0.1, 0.15) is 367 Å². The summed E-state index contributed by atoms with van der Waals surface area (Å²) >= 11 is 0. The van der Waals surface area contributed by atoms with Gasteiger partial charge in [-0.3, -0.25) is 9.59 Å². The van der Waals surface area contributed by atoms with Crippen molar-refractivity contribution in [3.63, 3.8) is 0 Å². The molecule has 0 aromatic carbocycles. The zero-order valence-corrected chi connectivity index (χ0v) is 48.2. The molecular weight excluding hydrogens is 875 g/mol. The molecule has 0 aromatic rings. The van der Waals surface area contributed by atoms with Crippen LogP contribution < -0.4 is 5.32 Å². The van der Waals surface area contributed by atoms with Gasteiger partial charge < -0.3 is 20.3 Å². The third-order valence-corrected chi connectivity index (χ3v) is 15.3. The lowest BCUT2D eigenvalue weighted by atomic mass is 10.0. The number of esters is 1. The lowest BCUT2D eigenvalue weighted by Crippen LogP contribution is -2.45. The van der Waals surface area contributed by atoms with Crippen molar-refractivity contribution in [2.45, 2.75) is 379 Å². The summed E-state index contributed by atoms with van der Waals surface area (Å²) in [7, 11) is 0. The summed E-state index contributed by atoms with van der Waals surface area (Å²) in [6.45, 7) is 4.97. The molecule has 0 heterocycles. The minimum atomic E-state index is -0.664. The van der Waals surface area contributed by atoms with Crippen LogP contribution in [0.5, 0.6) is 0 Å². The number of rotatable bonds is 61. The first kappa shape index (κ1) is 69.6. The molecule has 3 N–H and O–H groups in total. The number of allylic oxidation sites excluding steroid dienone is 2. The topological polar surface area (TPSA) is 95.9 Å². The molecule has 0 fully saturated rings. The molecule has 422 valence electrons. The normalized spacial score (nSPS) is 12.6. The zero-order chi connectivity index (χ0) is 51.4. The van der Waals surface area contributed by atoms with Gasteiger partial charge in [0.25, 0.3) is 0 Å². The van der Waals surface area contributed by atoms with Crippen LogP contribution in [0, 0.1) is 0 Å². The van der Waals surface area contributed by atoms with Gasteiger partial charge in [-0.1, -0.05) is 315 Å². The fourth-order valence-electron chi connectivity index (χ4n) is 10.3. The zero-order valence-electron chi connectivity index (χ0n) is 48.2. The molecule has 0 spiro atoms. The Labute approximate surface area is 444 Å². The van der Waals surface area contributed by atoms with Crippen molar-refractivity contribution in [3.05, 3.63) is 12.2 Å². The number of carbonyl (C=O) groups excluding carboxylic acids is 2. The van der Waals surface area contributed by atoms with Crippen LogP contribution in [0.3, 0.4) is 0 Å². The number of ether oxygens (including phenoxy) is 1. The maximum absolute atomic E-state index is 12.5. The Bertz CT molecular complexity index is 1060. The second-order valence-electron chi connectivity index (χ2n) is 22.5. The van der Waals surface area contributed by atoms with E-state index in [-0.39, 0.29) is 18.5 Å². The number of nitrogens with one attached hydrogen (secondary N) is 1. The molecule has 2 unspecified atom stereocenters. The van der Waals surface area contributed by atoms with Crippen molar-refractivity contribution in [2.75, 3.05) is 13.2 Å². The van der Waals surface area contributed by atoms with E-state index in [1.54, 1.807) is 0 Å². The molecule has 6 heteroatoms. The van der Waals surface area contributed by atoms with Crippen LogP contribution in [-0.2, 0) is 14.3 Å². The molecular formula is C65H127NO5. The molecule has 0 saturated heterocycles. The maximum atomic E-state index is 12.5. The number of unbranched alkanes of at least 4 members (excludes halogenated alkanes) is 48. The summed E-state index contributed by atoms with van der Waals surface area (Å²) in [5.41, 5.74) is 0. The number of amides is 1. The Morgan fingerprint density at radius 3 is 1.01 bits per heavy atom. The van der Waals surface area contributed by atoms with Gasteiger partial charge in [-0.2, -0.15) is 0 Å². The molecule has 71 heavy (non-hydrogen) atoms. The number of aliphatic hydroxyl groups is 2. The highest BCUT2D eigenvalue weighted by Gasteiger charge is 2.20. The molecule has 0 aromatic heterocycles. The Balaban J connectivity index is 3.38. The van der Waals surface area contributed by atoms with Crippen molar-refractivity contribution >= 4 is 11.9 Å². The largest absolute Gasteiger partial charge is 0.466 e. The summed E-state index contributed by atoms with van der Waals surface area (Å²) in [5.74, 6) is -0.0264. The van der Waals surface area contributed by atoms with Crippen molar-refractivity contribution in [2.24, 2.45) is 0 Å². The van der Waals surface area contributed by atoms with Crippen molar-refractivity contribution in [1.82, 2.24) is 5.32 Å². The molecule has 0 rings (SSSR count). The number of hydrogen-bond acceptors (Lipinski definition) is 5. The van der Waals surface area contributed by atoms with Crippen LogP contribution in [-0.4, -0.2) is 47.4 Å². The van der Waals surface area contributed by atoms with Crippen LogP contribution in [0.15, 0.2) is 12.2 Å². The molecule has 0 bridgehead atoms. The maximum Gasteiger partial charge on any atom is 0.305 e. The smallest absolute Gasteiger partial charge is 0.305 e. The molecule has 6 nitrogen and oxygen atoms in total. The van der Waals surface area contributed by atoms with Gasteiger partial charge in [0.2, 0.25) is 5.91 Å². The average Bonchev–Trinajstić information content (AvgIpc) is 3.37. The first-order valence-corrected chi connectivity index (χ1v) is 32.4. The highest BCUT2D eigenvalue weighted by molar-refractivity contribution is 5.76. The first-order valence-electron chi connectivity index (χ1n) is 32.4. The van der Waals surface area contributed by atoms with E-state index in [1.807, 2.05) is 0 Å². The van der Waals surface area contributed by atoms with Gasteiger partial charge in [0.1, 0.15) is 0 Å². The molecule has 0 aliphatic carbocycles. The summed E-state index contributed by atoms with van der Waals surface area (Å²) in [4.78, 5) is 24.6. The highest BCUT2D eigenvalue weighted by atomic mass is 16.5. The molecule has 0 saturated carbocycles. The van der Waals surface area contributed by atoms with Crippen molar-refractivity contribution in [1.29, 1.82) is 0 Å². The summed E-state index contributed by atoms with van der Waals surface area (Å²) in [5, 5.41) is 23.4. The number of aliphatic hydroxyl groups excluding tert-OH is 2. The third kappa shape index (κ3) is 57.7. The predicted molar refractivity (Wildman–Crippen MR) is 310 cm³/mol. The van der Waals surface area contributed by atoms with E-state index in [2.05, 4.69) is 31.3 Å². The van der Waals surface area contributed by atoms with Gasteiger partial charge in [-0.25, -0.2) is 0 Å². The van der Waals surface area contributed by atoms with Gasteiger partial charge >= 0.3 is 5.97 Å². The lowest BCUT2D eigenvalue weighted by Gasteiger charge is -2.22. The Hall–Kier alpha value is -1.40. The molecule has 2 atom stereocenters. The average molecular weight is 1000 g/mol. The fourth-order valence-corrected chi connectivity index (χ4v) is 10.3. The summed E-state index contributed by atoms with van der Waals surface area (Å²) in [6.07, 6.45) is 73.7. The SMILES string of the molecule is CCCCCC/C=C\CCCCCCCC(=O)OCCCCCCCCCCCCCCCCCCCCCCCCC(=O)NC(CO)C(O)CCCCCCCCCCCCCCCCCCCCC. The van der Waals surface area contributed by atoms with E-state index in [1.165, 1.54) is 289 Å². The van der Waals surface area contributed by atoms with E-state index in [4.69, 9.17) is 4.74 Å². The lowest BCUT2D eigenvalue weighted by molar-refractivity contribution is -0.143. The van der Waals surface area contributed by atoms with Crippen LogP contribution in [0.2, 0.25) is 0 Å². The van der Waals surface area contributed by atoms with Crippen LogP contribution in [0.25, 0.3) is 0 Å². The van der Waals surface area contributed by atoms with E-state index < -0.39 is 12.1 Å². The Kier molecular flexibility index (Phi) is 59.9. The van der Waals surface area contributed by atoms with E-state index >= 15 is 0 Å².